The first-order valence-corrected chi connectivity index (χ1v) is 8.39. The van der Waals surface area contributed by atoms with Crippen LogP contribution in [-0.4, -0.2) is 28.7 Å². The number of aromatic amines is 1. The number of allylic oxidation sites excluding steroid dienone is 1. The first-order chi connectivity index (χ1) is 12.5. The summed E-state index contributed by atoms with van der Waals surface area (Å²) in [5.41, 5.74) is 1.94. The quantitative estimate of drug-likeness (QED) is 0.476. The van der Waals surface area contributed by atoms with E-state index in [9.17, 15) is 14.8 Å². The monoisotopic (exact) mass is 371 g/mol. The Kier molecular flexibility index (Phi) is 5.21. The minimum Gasteiger partial charge on any atom is -0.506 e. The van der Waals surface area contributed by atoms with Gasteiger partial charge in [0.05, 0.1) is 28.7 Å². The minimum atomic E-state index is -0.391. The molecule has 1 unspecified atom stereocenters. The molecule has 3 aromatic rings. The summed E-state index contributed by atoms with van der Waals surface area (Å²) in [4.78, 5) is 8.14. The van der Waals surface area contributed by atoms with Crippen molar-refractivity contribution >= 4 is 28.2 Å². The van der Waals surface area contributed by atoms with E-state index < -0.39 is 5.82 Å². The number of para-hydroxylation sites is 2. The number of quaternary nitrogens is 1. The number of nitrogens with one attached hydrogen (secondary N) is 2. The smallest absolute Gasteiger partial charge is 0.169 e. The third kappa shape index (κ3) is 3.69. The highest BCUT2D eigenvalue weighted by molar-refractivity contribution is 6.31. The van der Waals surface area contributed by atoms with E-state index in [4.69, 9.17) is 11.6 Å². The fraction of sp³-hybridized carbons (Fsp3) is 0.158. The minimum absolute atomic E-state index is 0.0696. The number of imidazole rings is 1. The van der Waals surface area contributed by atoms with Crippen LogP contribution in [0, 0.1) is 17.1 Å². The molecular weight excluding hydrogens is 355 g/mol. The second-order valence-corrected chi connectivity index (χ2v) is 6.45. The van der Waals surface area contributed by atoms with Crippen molar-refractivity contribution in [2.45, 2.75) is 6.54 Å². The summed E-state index contributed by atoms with van der Waals surface area (Å²) >= 11 is 6.05. The van der Waals surface area contributed by atoms with Gasteiger partial charge in [-0.3, -0.25) is 0 Å². The highest BCUT2D eigenvalue weighted by Crippen LogP contribution is 2.19. The molecule has 132 valence electrons. The molecule has 0 aliphatic carbocycles. The molecule has 0 bridgehead atoms. The van der Waals surface area contributed by atoms with Crippen molar-refractivity contribution in [3.8, 4) is 6.07 Å². The van der Waals surface area contributed by atoms with Gasteiger partial charge in [-0.15, -0.1) is 0 Å². The van der Waals surface area contributed by atoms with Gasteiger partial charge in [-0.05, 0) is 24.3 Å². The van der Waals surface area contributed by atoms with Crippen LogP contribution in [0.5, 0.6) is 0 Å². The van der Waals surface area contributed by atoms with Crippen LogP contribution in [0.3, 0.4) is 0 Å². The number of halogens is 2. The SMILES string of the molecule is C[NH+](C/C(O)=C(\C#N)c1nc2ccccc2[nH]1)Cc1c(F)cccc1Cl. The Morgan fingerprint density at radius 2 is 2.08 bits per heavy atom. The molecule has 0 radical (unpaired) electrons. The number of hydrogen-bond acceptors (Lipinski definition) is 3. The van der Waals surface area contributed by atoms with Crippen LogP contribution in [0.15, 0.2) is 48.2 Å². The lowest BCUT2D eigenvalue weighted by atomic mass is 10.2. The number of benzene rings is 2. The lowest BCUT2D eigenvalue weighted by molar-refractivity contribution is -0.890. The number of fused-ring (bicyclic) bond motifs is 1. The van der Waals surface area contributed by atoms with E-state index in [0.717, 1.165) is 10.4 Å². The summed E-state index contributed by atoms with van der Waals surface area (Å²) in [5.74, 6) is -0.197. The van der Waals surface area contributed by atoms with E-state index >= 15 is 0 Å². The summed E-state index contributed by atoms with van der Waals surface area (Å²) < 4.78 is 13.9. The van der Waals surface area contributed by atoms with Gasteiger partial charge >= 0.3 is 0 Å². The number of aliphatic hydroxyl groups is 1. The van der Waals surface area contributed by atoms with Gasteiger partial charge < -0.3 is 15.0 Å². The number of nitriles is 1. The largest absolute Gasteiger partial charge is 0.506 e. The van der Waals surface area contributed by atoms with E-state index in [1.165, 1.54) is 6.07 Å². The molecular formula is C19H17ClFN4O+. The van der Waals surface area contributed by atoms with Crippen molar-refractivity contribution < 1.29 is 14.4 Å². The van der Waals surface area contributed by atoms with Crippen LogP contribution in [0.4, 0.5) is 4.39 Å². The third-order valence-corrected chi connectivity index (χ3v) is 4.39. The second kappa shape index (κ2) is 7.56. The highest BCUT2D eigenvalue weighted by atomic mass is 35.5. The van der Waals surface area contributed by atoms with Gasteiger partial charge in [0.15, 0.2) is 11.6 Å². The van der Waals surface area contributed by atoms with Crippen molar-refractivity contribution in [3.63, 3.8) is 0 Å². The molecule has 0 amide bonds. The number of aliphatic hydroxyl groups excluding tert-OH is 1. The van der Waals surface area contributed by atoms with Crippen LogP contribution >= 0.6 is 11.6 Å². The molecule has 7 heteroatoms. The third-order valence-electron chi connectivity index (χ3n) is 4.04. The summed E-state index contributed by atoms with van der Waals surface area (Å²) in [6.07, 6.45) is 0. The number of H-pyrrole nitrogens is 1. The molecule has 0 saturated carbocycles. The van der Waals surface area contributed by atoms with Gasteiger partial charge in [-0.25, -0.2) is 9.37 Å². The van der Waals surface area contributed by atoms with Crippen LogP contribution in [0.1, 0.15) is 11.4 Å². The maximum Gasteiger partial charge on any atom is 0.169 e. The van der Waals surface area contributed by atoms with Gasteiger partial charge in [-0.1, -0.05) is 29.8 Å². The molecule has 1 atom stereocenters. The summed E-state index contributed by atoms with van der Waals surface area (Å²) in [6.45, 7) is 0.402. The topological polar surface area (TPSA) is 77.1 Å². The zero-order chi connectivity index (χ0) is 18.7. The van der Waals surface area contributed by atoms with Crippen LogP contribution in [0.2, 0.25) is 5.02 Å². The first-order valence-electron chi connectivity index (χ1n) is 8.01. The van der Waals surface area contributed by atoms with Crippen LogP contribution < -0.4 is 4.90 Å². The fourth-order valence-corrected chi connectivity index (χ4v) is 2.99. The standard InChI is InChI=1S/C19H16ClFN4O/c1-25(10-13-14(20)5-4-6-15(13)21)11-18(26)12(9-22)19-23-16-7-2-3-8-17(16)24-19/h2-8,26H,10-11H2,1H3,(H,23,24)/p+1/b18-12-. The van der Waals surface area contributed by atoms with Gasteiger partial charge in [0.2, 0.25) is 0 Å². The highest BCUT2D eigenvalue weighted by Gasteiger charge is 2.18. The fourth-order valence-electron chi connectivity index (χ4n) is 2.77. The molecule has 0 saturated heterocycles. The first kappa shape index (κ1) is 17.9. The van der Waals surface area contributed by atoms with Crippen molar-refractivity contribution in [3.05, 3.63) is 70.5 Å². The molecule has 3 rings (SSSR count). The summed E-state index contributed by atoms with van der Waals surface area (Å²) in [6, 6.07) is 13.9. The maximum atomic E-state index is 13.9. The van der Waals surface area contributed by atoms with E-state index in [2.05, 4.69) is 9.97 Å². The Labute approximate surface area is 155 Å². The van der Waals surface area contributed by atoms with Crippen molar-refractivity contribution in [2.24, 2.45) is 0 Å². The number of hydrogen-bond donors (Lipinski definition) is 3. The molecule has 5 nitrogen and oxygen atoms in total. The van der Waals surface area contributed by atoms with E-state index in [1.54, 1.807) is 19.2 Å². The van der Waals surface area contributed by atoms with Gasteiger partial charge in [0.25, 0.3) is 0 Å². The lowest BCUT2D eigenvalue weighted by Crippen LogP contribution is -3.07. The van der Waals surface area contributed by atoms with Gasteiger partial charge in [0, 0.05) is 0 Å². The Morgan fingerprint density at radius 1 is 1.31 bits per heavy atom. The average Bonchev–Trinajstić information content (AvgIpc) is 3.02. The molecule has 1 aromatic heterocycles. The molecule has 0 fully saturated rings. The number of nitrogens with zero attached hydrogens (tertiary/aromatic N) is 2. The van der Waals surface area contributed by atoms with Gasteiger partial charge in [-0.2, -0.15) is 5.26 Å². The van der Waals surface area contributed by atoms with E-state index in [1.807, 2.05) is 30.3 Å². The number of aromatic nitrogens is 2. The Morgan fingerprint density at radius 3 is 2.77 bits per heavy atom. The summed E-state index contributed by atoms with van der Waals surface area (Å²) in [5, 5.41) is 20.2. The van der Waals surface area contributed by atoms with E-state index in [0.29, 0.717) is 21.9 Å². The number of likely N-dealkylation sites (N-methyl/N-ethyl adjacent to an activating group) is 1. The molecule has 0 aliphatic rings. The molecule has 1 heterocycles. The average molecular weight is 372 g/mol. The summed E-state index contributed by atoms with van der Waals surface area (Å²) in [7, 11) is 1.78. The van der Waals surface area contributed by atoms with Crippen molar-refractivity contribution in [2.75, 3.05) is 13.6 Å². The Hall–Kier alpha value is -2.88. The molecule has 0 aliphatic heterocycles. The normalized spacial score (nSPS) is 13.3. The second-order valence-electron chi connectivity index (χ2n) is 6.05. The zero-order valence-corrected chi connectivity index (χ0v) is 14.8. The van der Waals surface area contributed by atoms with Crippen LogP contribution in [0.25, 0.3) is 16.6 Å². The van der Waals surface area contributed by atoms with Gasteiger partial charge in [0.1, 0.15) is 30.5 Å². The zero-order valence-electron chi connectivity index (χ0n) is 14.1. The van der Waals surface area contributed by atoms with E-state index in [-0.39, 0.29) is 24.4 Å². The molecule has 0 spiro atoms. The molecule has 3 N–H and O–H groups in total. The predicted octanol–water partition coefficient (Wildman–Crippen LogP) is 2.86. The maximum absolute atomic E-state index is 13.9. The predicted molar refractivity (Wildman–Crippen MR) is 98.1 cm³/mol. The lowest BCUT2D eigenvalue weighted by Gasteiger charge is -2.15. The van der Waals surface area contributed by atoms with Crippen molar-refractivity contribution in [1.82, 2.24) is 9.97 Å². The Balaban J connectivity index is 1.83. The van der Waals surface area contributed by atoms with Crippen LogP contribution in [-0.2, 0) is 6.54 Å². The van der Waals surface area contributed by atoms with Crippen molar-refractivity contribution in [1.29, 1.82) is 5.26 Å². The molecule has 26 heavy (non-hydrogen) atoms. The molecule has 2 aromatic carbocycles. The Bertz CT molecular complexity index is 969. The number of rotatable bonds is 5.